The molecule has 1 aliphatic rings. The molecule has 1 aliphatic heterocycles. The first-order valence-electron chi connectivity index (χ1n) is 5.34. The predicted molar refractivity (Wildman–Crippen MR) is 61.0 cm³/mol. The van der Waals surface area contributed by atoms with E-state index < -0.39 is 0 Å². The summed E-state index contributed by atoms with van der Waals surface area (Å²) < 4.78 is 5.19. The van der Waals surface area contributed by atoms with Gasteiger partial charge in [0.1, 0.15) is 0 Å². The Bertz CT molecular complexity index is 195. The van der Waals surface area contributed by atoms with E-state index in [2.05, 4.69) is 0 Å². The van der Waals surface area contributed by atoms with E-state index in [-0.39, 0.29) is 17.8 Å². The zero-order chi connectivity index (χ0) is 11.1. The van der Waals surface area contributed by atoms with Crippen LogP contribution in [-0.4, -0.2) is 59.8 Å². The Balaban J connectivity index is 2.24. The van der Waals surface area contributed by atoms with Crippen molar-refractivity contribution < 1.29 is 14.6 Å². The summed E-state index contributed by atoms with van der Waals surface area (Å²) in [5.74, 6) is 1.04. The van der Waals surface area contributed by atoms with Crippen LogP contribution < -0.4 is 0 Å². The average Bonchev–Trinajstić information content (AvgIpc) is 2.29. The first kappa shape index (κ1) is 12.8. The number of morpholine rings is 1. The van der Waals surface area contributed by atoms with Crippen molar-refractivity contribution in [2.24, 2.45) is 0 Å². The van der Waals surface area contributed by atoms with Crippen LogP contribution in [0.5, 0.6) is 0 Å². The first-order chi connectivity index (χ1) is 7.25. The standard InChI is InChI=1S/C10H19NO3S/c1-9(15-8-2-5-12)10(13)11-3-6-14-7-4-11/h9,12H,2-8H2,1H3. The molecule has 0 aromatic rings. The van der Waals surface area contributed by atoms with Crippen molar-refractivity contribution in [1.82, 2.24) is 4.90 Å². The summed E-state index contributed by atoms with van der Waals surface area (Å²) in [4.78, 5) is 13.7. The van der Waals surface area contributed by atoms with E-state index in [1.807, 2.05) is 11.8 Å². The van der Waals surface area contributed by atoms with Crippen LogP contribution in [0, 0.1) is 0 Å². The number of ether oxygens (including phenoxy) is 1. The number of amides is 1. The molecule has 0 saturated carbocycles. The Morgan fingerprint density at radius 2 is 2.20 bits per heavy atom. The van der Waals surface area contributed by atoms with Crippen molar-refractivity contribution in [2.45, 2.75) is 18.6 Å². The Morgan fingerprint density at radius 1 is 1.53 bits per heavy atom. The molecular weight excluding hydrogens is 214 g/mol. The summed E-state index contributed by atoms with van der Waals surface area (Å²) in [7, 11) is 0. The SMILES string of the molecule is CC(SCCCO)C(=O)N1CCOCC1. The van der Waals surface area contributed by atoms with Crippen LogP contribution in [0.15, 0.2) is 0 Å². The normalized spacial score (nSPS) is 18.9. The molecule has 1 saturated heterocycles. The topological polar surface area (TPSA) is 49.8 Å². The minimum atomic E-state index is -0.00495. The van der Waals surface area contributed by atoms with Crippen LogP contribution in [0.25, 0.3) is 0 Å². The molecular formula is C10H19NO3S. The van der Waals surface area contributed by atoms with Crippen LogP contribution in [0.1, 0.15) is 13.3 Å². The van der Waals surface area contributed by atoms with Gasteiger partial charge >= 0.3 is 0 Å². The number of thioether (sulfide) groups is 1. The second-order valence-electron chi connectivity index (χ2n) is 3.53. The molecule has 0 aliphatic carbocycles. The molecule has 5 heteroatoms. The van der Waals surface area contributed by atoms with Crippen molar-refractivity contribution in [3.63, 3.8) is 0 Å². The van der Waals surface area contributed by atoms with Crippen molar-refractivity contribution in [2.75, 3.05) is 38.7 Å². The van der Waals surface area contributed by atoms with E-state index in [1.54, 1.807) is 11.8 Å². The summed E-state index contributed by atoms with van der Waals surface area (Å²) in [6.45, 7) is 4.86. The lowest BCUT2D eigenvalue weighted by molar-refractivity contribution is -0.134. The molecule has 0 aromatic carbocycles. The van der Waals surface area contributed by atoms with Gasteiger partial charge in [-0.1, -0.05) is 0 Å². The number of carbonyl (C=O) groups excluding carboxylic acids is 1. The van der Waals surface area contributed by atoms with Gasteiger partial charge in [-0.25, -0.2) is 0 Å². The van der Waals surface area contributed by atoms with Crippen LogP contribution in [0.2, 0.25) is 0 Å². The van der Waals surface area contributed by atoms with Gasteiger partial charge in [0.2, 0.25) is 5.91 Å². The lowest BCUT2D eigenvalue weighted by Gasteiger charge is -2.29. The highest BCUT2D eigenvalue weighted by Gasteiger charge is 2.22. The van der Waals surface area contributed by atoms with Gasteiger partial charge in [0.15, 0.2) is 0 Å². The first-order valence-corrected chi connectivity index (χ1v) is 6.39. The van der Waals surface area contributed by atoms with Crippen LogP contribution >= 0.6 is 11.8 Å². The third-order valence-electron chi connectivity index (χ3n) is 2.34. The molecule has 1 N–H and O–H groups in total. The van der Waals surface area contributed by atoms with Crippen LogP contribution in [-0.2, 0) is 9.53 Å². The number of hydrogen-bond donors (Lipinski definition) is 1. The van der Waals surface area contributed by atoms with E-state index in [4.69, 9.17) is 9.84 Å². The van der Waals surface area contributed by atoms with Crippen molar-refractivity contribution >= 4 is 17.7 Å². The molecule has 1 rings (SSSR count). The van der Waals surface area contributed by atoms with E-state index in [1.165, 1.54) is 0 Å². The molecule has 0 radical (unpaired) electrons. The van der Waals surface area contributed by atoms with Crippen LogP contribution in [0.3, 0.4) is 0 Å². The van der Waals surface area contributed by atoms with E-state index in [0.717, 1.165) is 12.2 Å². The van der Waals surface area contributed by atoms with E-state index in [0.29, 0.717) is 26.3 Å². The van der Waals surface area contributed by atoms with Gasteiger partial charge in [-0.2, -0.15) is 0 Å². The van der Waals surface area contributed by atoms with Crippen molar-refractivity contribution in [1.29, 1.82) is 0 Å². The molecule has 1 amide bonds. The molecule has 0 aromatic heterocycles. The number of aliphatic hydroxyl groups is 1. The fourth-order valence-corrected chi connectivity index (χ4v) is 2.38. The molecule has 1 unspecified atom stereocenters. The summed E-state index contributed by atoms with van der Waals surface area (Å²) in [5, 5.41) is 8.64. The average molecular weight is 233 g/mol. The highest BCUT2D eigenvalue weighted by Crippen LogP contribution is 2.15. The Morgan fingerprint density at radius 3 is 2.80 bits per heavy atom. The molecule has 0 spiro atoms. The lowest BCUT2D eigenvalue weighted by Crippen LogP contribution is -2.44. The second kappa shape index (κ2) is 7.09. The van der Waals surface area contributed by atoms with Gasteiger partial charge in [-0.3, -0.25) is 4.79 Å². The molecule has 4 nitrogen and oxygen atoms in total. The summed E-state index contributed by atoms with van der Waals surface area (Å²) in [6, 6.07) is 0. The minimum absolute atomic E-state index is 0.00495. The number of rotatable bonds is 5. The van der Waals surface area contributed by atoms with Gasteiger partial charge in [0.25, 0.3) is 0 Å². The van der Waals surface area contributed by atoms with Gasteiger partial charge < -0.3 is 14.7 Å². The summed E-state index contributed by atoms with van der Waals surface area (Å²) in [5.41, 5.74) is 0. The minimum Gasteiger partial charge on any atom is -0.396 e. The molecule has 1 heterocycles. The highest BCUT2D eigenvalue weighted by molar-refractivity contribution is 8.00. The van der Waals surface area contributed by atoms with Gasteiger partial charge in [0, 0.05) is 19.7 Å². The molecule has 88 valence electrons. The smallest absolute Gasteiger partial charge is 0.235 e. The fraction of sp³-hybridized carbons (Fsp3) is 0.900. The van der Waals surface area contributed by atoms with E-state index >= 15 is 0 Å². The fourth-order valence-electron chi connectivity index (χ4n) is 1.44. The molecule has 0 bridgehead atoms. The molecule has 15 heavy (non-hydrogen) atoms. The molecule has 1 fully saturated rings. The van der Waals surface area contributed by atoms with Crippen molar-refractivity contribution in [3.8, 4) is 0 Å². The Hall–Kier alpha value is -0.260. The van der Waals surface area contributed by atoms with Gasteiger partial charge in [0.05, 0.1) is 18.5 Å². The quantitative estimate of drug-likeness (QED) is 0.696. The number of nitrogens with zero attached hydrogens (tertiary/aromatic N) is 1. The Kier molecular flexibility index (Phi) is 6.05. The maximum atomic E-state index is 11.9. The lowest BCUT2D eigenvalue weighted by atomic mass is 10.3. The third kappa shape index (κ3) is 4.40. The maximum Gasteiger partial charge on any atom is 0.235 e. The number of aliphatic hydroxyl groups excluding tert-OH is 1. The van der Waals surface area contributed by atoms with Gasteiger partial charge in [-0.15, -0.1) is 11.8 Å². The zero-order valence-electron chi connectivity index (χ0n) is 9.15. The summed E-state index contributed by atoms with van der Waals surface area (Å²) in [6.07, 6.45) is 0.755. The highest BCUT2D eigenvalue weighted by atomic mass is 32.2. The van der Waals surface area contributed by atoms with Crippen LogP contribution in [0.4, 0.5) is 0 Å². The largest absolute Gasteiger partial charge is 0.396 e. The van der Waals surface area contributed by atoms with Crippen molar-refractivity contribution in [3.05, 3.63) is 0 Å². The van der Waals surface area contributed by atoms with Gasteiger partial charge in [-0.05, 0) is 19.1 Å². The zero-order valence-corrected chi connectivity index (χ0v) is 9.96. The predicted octanol–water partition coefficient (Wildman–Crippen LogP) is 0.349. The number of hydrogen-bond acceptors (Lipinski definition) is 4. The summed E-state index contributed by atoms with van der Waals surface area (Å²) >= 11 is 1.61. The maximum absolute atomic E-state index is 11.9. The second-order valence-corrected chi connectivity index (χ2v) is 4.98. The Labute approximate surface area is 95.0 Å². The van der Waals surface area contributed by atoms with E-state index in [9.17, 15) is 4.79 Å². The third-order valence-corrected chi connectivity index (χ3v) is 3.57. The number of carbonyl (C=O) groups is 1. The monoisotopic (exact) mass is 233 g/mol. The molecule has 1 atom stereocenters.